The van der Waals surface area contributed by atoms with Gasteiger partial charge >= 0.3 is 5.97 Å². The number of pyridine rings is 1. The maximum absolute atomic E-state index is 12.9. The quantitative estimate of drug-likeness (QED) is 0.764. The van der Waals surface area contributed by atoms with Crippen molar-refractivity contribution < 1.29 is 14.3 Å². The van der Waals surface area contributed by atoms with Crippen molar-refractivity contribution in [3.8, 4) is 11.1 Å². The number of carboxylic acids is 1. The maximum atomic E-state index is 12.9. The monoisotopic (exact) mass is 257 g/mol. The van der Waals surface area contributed by atoms with Crippen molar-refractivity contribution in [1.82, 2.24) is 14.6 Å². The molecule has 2 heterocycles. The molecule has 2 aromatic heterocycles. The second-order valence-electron chi connectivity index (χ2n) is 3.98. The van der Waals surface area contributed by atoms with Gasteiger partial charge in [-0.05, 0) is 23.8 Å². The molecule has 19 heavy (non-hydrogen) atoms. The normalized spacial score (nSPS) is 10.8. The second kappa shape index (κ2) is 4.16. The zero-order valence-corrected chi connectivity index (χ0v) is 9.62. The van der Waals surface area contributed by atoms with Crippen LogP contribution in [-0.2, 0) is 0 Å². The highest BCUT2D eigenvalue weighted by atomic mass is 19.1. The molecular formula is C13H8FN3O2. The minimum atomic E-state index is -1.08. The molecule has 6 heteroatoms. The summed E-state index contributed by atoms with van der Waals surface area (Å²) >= 11 is 0. The van der Waals surface area contributed by atoms with Crippen molar-refractivity contribution in [2.75, 3.05) is 0 Å². The standard InChI is InChI=1S/C13H8FN3O2/c14-10-3-1-8(2-4-10)9-5-11(13(18)19)12-15-7-16-17(12)6-9/h1-7H,(H,18,19). The number of halogens is 1. The minimum absolute atomic E-state index is 0.0549. The Balaban J connectivity index is 2.24. The Morgan fingerprint density at radius 1 is 1.21 bits per heavy atom. The molecule has 0 unspecified atom stereocenters. The van der Waals surface area contributed by atoms with E-state index in [0.29, 0.717) is 11.1 Å². The molecule has 0 fully saturated rings. The van der Waals surface area contributed by atoms with Crippen LogP contribution >= 0.6 is 0 Å². The topological polar surface area (TPSA) is 67.5 Å². The van der Waals surface area contributed by atoms with Crippen molar-refractivity contribution in [1.29, 1.82) is 0 Å². The maximum Gasteiger partial charge on any atom is 0.339 e. The molecule has 1 aromatic carbocycles. The van der Waals surface area contributed by atoms with E-state index in [1.54, 1.807) is 18.3 Å². The molecule has 1 N–H and O–H groups in total. The number of aromatic carboxylic acids is 1. The highest BCUT2D eigenvalue weighted by Crippen LogP contribution is 2.22. The molecule has 3 rings (SSSR count). The number of fused-ring (bicyclic) bond motifs is 1. The molecule has 0 saturated heterocycles. The Labute approximate surface area is 107 Å². The first-order chi connectivity index (χ1) is 9.15. The second-order valence-corrected chi connectivity index (χ2v) is 3.98. The molecule has 0 aliphatic heterocycles. The first kappa shape index (κ1) is 11.3. The van der Waals surface area contributed by atoms with Crippen molar-refractivity contribution in [3.63, 3.8) is 0 Å². The highest BCUT2D eigenvalue weighted by molar-refractivity contribution is 5.95. The van der Waals surface area contributed by atoms with Crippen LogP contribution in [0.1, 0.15) is 10.4 Å². The minimum Gasteiger partial charge on any atom is -0.478 e. The molecule has 5 nitrogen and oxygen atoms in total. The van der Waals surface area contributed by atoms with E-state index in [4.69, 9.17) is 0 Å². The Morgan fingerprint density at radius 2 is 1.95 bits per heavy atom. The first-order valence-corrected chi connectivity index (χ1v) is 5.48. The van der Waals surface area contributed by atoms with E-state index in [2.05, 4.69) is 10.1 Å². The smallest absolute Gasteiger partial charge is 0.339 e. The Kier molecular flexibility index (Phi) is 2.49. The first-order valence-electron chi connectivity index (χ1n) is 5.48. The van der Waals surface area contributed by atoms with E-state index in [9.17, 15) is 14.3 Å². The van der Waals surface area contributed by atoms with Gasteiger partial charge in [0.15, 0.2) is 5.65 Å². The lowest BCUT2D eigenvalue weighted by Crippen LogP contribution is -2.02. The summed E-state index contributed by atoms with van der Waals surface area (Å²) in [6, 6.07) is 7.31. The molecule has 94 valence electrons. The van der Waals surface area contributed by atoms with Crippen LogP contribution in [0.15, 0.2) is 42.9 Å². The number of carboxylic acid groups (broad SMARTS) is 1. The van der Waals surface area contributed by atoms with Crippen LogP contribution in [0.4, 0.5) is 4.39 Å². The molecular weight excluding hydrogens is 249 g/mol. The average Bonchev–Trinajstić information content (AvgIpc) is 2.86. The molecule has 0 aliphatic carbocycles. The van der Waals surface area contributed by atoms with Crippen molar-refractivity contribution >= 4 is 11.6 Å². The summed E-state index contributed by atoms with van der Waals surface area (Å²) in [7, 11) is 0. The van der Waals surface area contributed by atoms with E-state index in [1.165, 1.54) is 29.0 Å². The fraction of sp³-hybridized carbons (Fsp3) is 0. The van der Waals surface area contributed by atoms with Crippen LogP contribution in [0.25, 0.3) is 16.8 Å². The highest BCUT2D eigenvalue weighted by Gasteiger charge is 2.13. The fourth-order valence-corrected chi connectivity index (χ4v) is 1.88. The SMILES string of the molecule is O=C(O)c1cc(-c2ccc(F)cc2)cn2ncnc12. The van der Waals surface area contributed by atoms with Crippen LogP contribution in [-0.4, -0.2) is 25.7 Å². The summed E-state index contributed by atoms with van der Waals surface area (Å²) in [5, 5.41) is 13.1. The van der Waals surface area contributed by atoms with Gasteiger partial charge in [-0.1, -0.05) is 12.1 Å². The molecule has 0 amide bonds. The zero-order valence-electron chi connectivity index (χ0n) is 9.62. The zero-order chi connectivity index (χ0) is 13.4. The van der Waals surface area contributed by atoms with E-state index in [-0.39, 0.29) is 17.0 Å². The largest absolute Gasteiger partial charge is 0.478 e. The van der Waals surface area contributed by atoms with Gasteiger partial charge < -0.3 is 5.11 Å². The van der Waals surface area contributed by atoms with Crippen molar-refractivity contribution in [2.24, 2.45) is 0 Å². The summed E-state index contributed by atoms with van der Waals surface area (Å²) in [4.78, 5) is 15.1. The van der Waals surface area contributed by atoms with Crippen LogP contribution in [0, 0.1) is 5.82 Å². The molecule has 0 radical (unpaired) electrons. The van der Waals surface area contributed by atoms with Gasteiger partial charge in [-0.15, -0.1) is 0 Å². The van der Waals surface area contributed by atoms with Gasteiger partial charge in [0.05, 0.1) is 0 Å². The number of hydrogen-bond donors (Lipinski definition) is 1. The van der Waals surface area contributed by atoms with Crippen LogP contribution < -0.4 is 0 Å². The Hall–Kier alpha value is -2.76. The van der Waals surface area contributed by atoms with Crippen molar-refractivity contribution in [2.45, 2.75) is 0 Å². The lowest BCUT2D eigenvalue weighted by Gasteiger charge is -2.05. The van der Waals surface area contributed by atoms with Gasteiger partial charge in [0.25, 0.3) is 0 Å². The predicted octanol–water partition coefficient (Wildman–Crippen LogP) is 2.23. The lowest BCUT2D eigenvalue weighted by molar-refractivity contribution is 0.0698. The third-order valence-corrected chi connectivity index (χ3v) is 2.78. The Bertz CT molecular complexity index is 765. The third kappa shape index (κ3) is 1.93. The number of rotatable bonds is 2. The molecule has 0 atom stereocenters. The summed E-state index contributed by atoms with van der Waals surface area (Å²) in [6.45, 7) is 0. The average molecular weight is 257 g/mol. The number of benzene rings is 1. The van der Waals surface area contributed by atoms with Crippen LogP contribution in [0.2, 0.25) is 0 Å². The third-order valence-electron chi connectivity index (χ3n) is 2.78. The number of hydrogen-bond acceptors (Lipinski definition) is 3. The molecule has 0 saturated carbocycles. The van der Waals surface area contributed by atoms with Gasteiger partial charge in [-0.25, -0.2) is 18.7 Å². The van der Waals surface area contributed by atoms with Gasteiger partial charge in [0.2, 0.25) is 0 Å². The van der Waals surface area contributed by atoms with Crippen LogP contribution in [0.3, 0.4) is 0 Å². The molecule has 3 aromatic rings. The number of aromatic nitrogens is 3. The fourth-order valence-electron chi connectivity index (χ4n) is 1.88. The van der Waals surface area contributed by atoms with E-state index >= 15 is 0 Å². The summed E-state index contributed by atoms with van der Waals surface area (Å²) < 4.78 is 14.3. The van der Waals surface area contributed by atoms with Crippen molar-refractivity contribution in [3.05, 3.63) is 54.2 Å². The molecule has 0 spiro atoms. The summed E-state index contributed by atoms with van der Waals surface area (Å²) in [5.41, 5.74) is 1.68. The summed E-state index contributed by atoms with van der Waals surface area (Å²) in [5.74, 6) is -1.42. The van der Waals surface area contributed by atoms with Gasteiger partial charge in [-0.2, -0.15) is 5.10 Å². The molecule has 0 aliphatic rings. The van der Waals surface area contributed by atoms with Gasteiger partial charge in [0.1, 0.15) is 17.7 Å². The molecule has 0 bridgehead atoms. The lowest BCUT2D eigenvalue weighted by atomic mass is 10.1. The predicted molar refractivity (Wildman–Crippen MR) is 65.3 cm³/mol. The van der Waals surface area contributed by atoms with E-state index < -0.39 is 5.97 Å². The van der Waals surface area contributed by atoms with Crippen LogP contribution in [0.5, 0.6) is 0 Å². The number of nitrogens with zero attached hydrogens (tertiary/aromatic N) is 3. The number of carbonyl (C=O) groups is 1. The van der Waals surface area contributed by atoms with E-state index in [0.717, 1.165) is 0 Å². The van der Waals surface area contributed by atoms with E-state index in [1.807, 2.05) is 0 Å². The van der Waals surface area contributed by atoms with Gasteiger partial charge in [0, 0.05) is 11.8 Å². The summed E-state index contributed by atoms with van der Waals surface area (Å²) in [6.07, 6.45) is 2.94. The van der Waals surface area contributed by atoms with Gasteiger partial charge in [-0.3, -0.25) is 0 Å². The Morgan fingerprint density at radius 3 is 2.63 bits per heavy atom.